The van der Waals surface area contributed by atoms with Crippen LogP contribution in [0.15, 0.2) is 42.5 Å². The highest BCUT2D eigenvalue weighted by atomic mass is 32.1. The van der Waals surface area contributed by atoms with Gasteiger partial charge in [-0.2, -0.15) is 0 Å². The highest BCUT2D eigenvalue weighted by Gasteiger charge is 2.13. The fourth-order valence-electron chi connectivity index (χ4n) is 2.10. The van der Waals surface area contributed by atoms with E-state index in [2.05, 4.69) is 0 Å². The number of hydrogen-bond acceptors (Lipinski definition) is 2. The Morgan fingerprint density at radius 2 is 1.85 bits per heavy atom. The summed E-state index contributed by atoms with van der Waals surface area (Å²) in [5.41, 5.74) is 8.72. The van der Waals surface area contributed by atoms with E-state index in [0.29, 0.717) is 17.8 Å². The van der Waals surface area contributed by atoms with Gasteiger partial charge in [0.05, 0.1) is 5.69 Å². The molecule has 0 fully saturated rings. The Balaban J connectivity index is 2.41. The van der Waals surface area contributed by atoms with E-state index in [1.165, 1.54) is 11.6 Å². The van der Waals surface area contributed by atoms with Gasteiger partial charge in [0.2, 0.25) is 0 Å². The maximum Gasteiger partial charge on any atom is 0.147 e. The molecule has 0 saturated heterocycles. The first-order valence-electron chi connectivity index (χ1n) is 6.46. The monoisotopic (exact) mass is 288 g/mol. The second-order valence-corrected chi connectivity index (χ2v) is 5.05. The lowest BCUT2D eigenvalue weighted by atomic mass is 10.1. The van der Waals surface area contributed by atoms with Gasteiger partial charge in [0.1, 0.15) is 10.8 Å². The number of anilines is 2. The van der Waals surface area contributed by atoms with E-state index in [4.69, 9.17) is 18.0 Å². The molecular weight excluding hydrogens is 271 g/mol. The summed E-state index contributed by atoms with van der Waals surface area (Å²) in [6.07, 6.45) is 0. The zero-order valence-corrected chi connectivity index (χ0v) is 12.4. The molecule has 0 heterocycles. The molecule has 0 aliphatic heterocycles. The number of aryl methyl sites for hydroxylation is 1. The van der Waals surface area contributed by atoms with Crippen LogP contribution in [0.3, 0.4) is 0 Å². The summed E-state index contributed by atoms with van der Waals surface area (Å²) in [5.74, 6) is -0.322. The van der Waals surface area contributed by atoms with Gasteiger partial charge in [-0.05, 0) is 44.2 Å². The van der Waals surface area contributed by atoms with Gasteiger partial charge in [0, 0.05) is 17.8 Å². The predicted molar refractivity (Wildman–Crippen MR) is 86.1 cm³/mol. The molecule has 0 spiro atoms. The molecule has 0 atom stereocenters. The van der Waals surface area contributed by atoms with Gasteiger partial charge in [-0.25, -0.2) is 4.39 Å². The Kier molecular flexibility index (Phi) is 4.35. The van der Waals surface area contributed by atoms with Crippen LogP contribution in [0.5, 0.6) is 0 Å². The van der Waals surface area contributed by atoms with Crippen molar-refractivity contribution in [3.05, 3.63) is 59.4 Å². The Morgan fingerprint density at radius 1 is 1.20 bits per heavy atom. The molecule has 2 nitrogen and oxygen atoms in total. The van der Waals surface area contributed by atoms with E-state index >= 15 is 0 Å². The number of nitrogens with zero attached hydrogens (tertiary/aromatic N) is 1. The summed E-state index contributed by atoms with van der Waals surface area (Å²) in [6, 6.07) is 12.8. The molecule has 2 N–H and O–H groups in total. The smallest absolute Gasteiger partial charge is 0.147 e. The Hall–Kier alpha value is -1.94. The van der Waals surface area contributed by atoms with Crippen LogP contribution in [0.2, 0.25) is 0 Å². The molecule has 4 heteroatoms. The number of hydrogen-bond donors (Lipinski definition) is 1. The maximum absolute atomic E-state index is 14.3. The molecule has 0 bridgehead atoms. The average molecular weight is 288 g/mol. The average Bonchev–Trinajstić information content (AvgIpc) is 2.43. The number of benzene rings is 2. The van der Waals surface area contributed by atoms with Crippen molar-refractivity contribution in [1.29, 1.82) is 0 Å². The van der Waals surface area contributed by atoms with Gasteiger partial charge in [-0.1, -0.05) is 29.9 Å². The fourth-order valence-corrected chi connectivity index (χ4v) is 2.22. The number of thiocarbonyl (C=S) groups is 1. The van der Waals surface area contributed by atoms with E-state index in [9.17, 15) is 4.39 Å². The van der Waals surface area contributed by atoms with Crippen LogP contribution in [0.25, 0.3) is 0 Å². The predicted octanol–water partition coefficient (Wildman–Crippen LogP) is 3.93. The first-order valence-corrected chi connectivity index (χ1v) is 6.87. The van der Waals surface area contributed by atoms with Gasteiger partial charge in [-0.3, -0.25) is 0 Å². The van der Waals surface area contributed by atoms with Crippen LogP contribution in [0.4, 0.5) is 15.8 Å². The summed E-state index contributed by atoms with van der Waals surface area (Å²) >= 11 is 4.86. The highest BCUT2D eigenvalue weighted by molar-refractivity contribution is 7.80. The molecule has 20 heavy (non-hydrogen) atoms. The van der Waals surface area contributed by atoms with Crippen molar-refractivity contribution >= 4 is 28.6 Å². The van der Waals surface area contributed by atoms with Crippen molar-refractivity contribution < 1.29 is 4.39 Å². The molecule has 2 rings (SSSR count). The largest absolute Gasteiger partial charge is 0.389 e. The van der Waals surface area contributed by atoms with Gasteiger partial charge < -0.3 is 10.6 Å². The first kappa shape index (κ1) is 14.5. The Morgan fingerprint density at radius 3 is 2.35 bits per heavy atom. The SMILES string of the molecule is CCN(c1ccc(C)cc1)c1ccc(C(N)=S)cc1F. The molecule has 0 aromatic heterocycles. The van der Waals surface area contributed by atoms with E-state index in [0.717, 1.165) is 5.69 Å². The third-order valence-corrected chi connectivity index (χ3v) is 3.42. The van der Waals surface area contributed by atoms with Crippen LogP contribution in [-0.2, 0) is 0 Å². The molecule has 2 aromatic rings. The summed E-state index contributed by atoms with van der Waals surface area (Å²) in [6.45, 7) is 4.69. The summed E-state index contributed by atoms with van der Waals surface area (Å²) in [4.78, 5) is 2.12. The van der Waals surface area contributed by atoms with E-state index < -0.39 is 0 Å². The summed E-state index contributed by atoms with van der Waals surface area (Å²) in [5, 5.41) is 0. The second-order valence-electron chi connectivity index (χ2n) is 4.61. The minimum absolute atomic E-state index is 0.203. The van der Waals surface area contributed by atoms with Crippen molar-refractivity contribution in [2.24, 2.45) is 5.73 Å². The Bertz CT molecular complexity index is 623. The normalized spacial score (nSPS) is 10.3. The van der Waals surface area contributed by atoms with Crippen LogP contribution in [-0.4, -0.2) is 11.5 Å². The van der Waals surface area contributed by atoms with Gasteiger partial charge in [0.25, 0.3) is 0 Å². The molecular formula is C16H17FN2S. The molecule has 0 saturated carbocycles. The van der Waals surface area contributed by atoms with Crippen molar-refractivity contribution in [1.82, 2.24) is 0 Å². The van der Waals surface area contributed by atoms with Gasteiger partial charge >= 0.3 is 0 Å². The van der Waals surface area contributed by atoms with Crippen LogP contribution >= 0.6 is 12.2 Å². The van der Waals surface area contributed by atoms with E-state index in [-0.39, 0.29) is 10.8 Å². The molecule has 0 unspecified atom stereocenters. The topological polar surface area (TPSA) is 29.3 Å². The maximum atomic E-state index is 14.3. The molecule has 2 aromatic carbocycles. The lowest BCUT2D eigenvalue weighted by Crippen LogP contribution is -2.18. The summed E-state index contributed by atoms with van der Waals surface area (Å²) < 4.78 is 14.3. The van der Waals surface area contributed by atoms with E-state index in [1.807, 2.05) is 43.0 Å². The van der Waals surface area contributed by atoms with Gasteiger partial charge in [0.15, 0.2) is 0 Å². The molecule has 0 aliphatic carbocycles. The van der Waals surface area contributed by atoms with Crippen molar-refractivity contribution in [2.45, 2.75) is 13.8 Å². The zero-order valence-electron chi connectivity index (χ0n) is 11.6. The quantitative estimate of drug-likeness (QED) is 0.864. The molecule has 0 radical (unpaired) electrons. The standard InChI is InChI=1S/C16H17FN2S/c1-3-19(13-7-4-11(2)5-8-13)15-9-6-12(16(18)20)10-14(15)17/h4-10H,3H2,1-2H3,(H2,18,20). The molecule has 0 aliphatic rings. The first-order chi connectivity index (χ1) is 9.52. The fraction of sp³-hybridized carbons (Fsp3) is 0.188. The highest BCUT2D eigenvalue weighted by Crippen LogP contribution is 2.28. The number of rotatable bonds is 4. The number of nitrogens with two attached hydrogens (primary N) is 1. The third-order valence-electron chi connectivity index (χ3n) is 3.18. The minimum Gasteiger partial charge on any atom is -0.389 e. The van der Waals surface area contributed by atoms with Crippen LogP contribution < -0.4 is 10.6 Å². The lowest BCUT2D eigenvalue weighted by Gasteiger charge is -2.24. The minimum atomic E-state index is -0.322. The lowest BCUT2D eigenvalue weighted by molar-refractivity contribution is 0.625. The van der Waals surface area contributed by atoms with Gasteiger partial charge in [-0.15, -0.1) is 0 Å². The molecule has 0 amide bonds. The zero-order chi connectivity index (χ0) is 14.7. The van der Waals surface area contributed by atoms with Crippen molar-refractivity contribution in [3.8, 4) is 0 Å². The Labute approximate surface area is 124 Å². The van der Waals surface area contributed by atoms with E-state index in [1.54, 1.807) is 12.1 Å². The molecule has 104 valence electrons. The third kappa shape index (κ3) is 2.96. The second kappa shape index (κ2) is 6.01. The van der Waals surface area contributed by atoms with Crippen LogP contribution in [0.1, 0.15) is 18.1 Å². The van der Waals surface area contributed by atoms with Crippen LogP contribution in [0, 0.1) is 12.7 Å². The summed E-state index contributed by atoms with van der Waals surface area (Å²) in [7, 11) is 0. The van der Waals surface area contributed by atoms with Crippen molar-refractivity contribution in [2.75, 3.05) is 11.4 Å². The number of halogens is 1. The van der Waals surface area contributed by atoms with Crippen molar-refractivity contribution in [3.63, 3.8) is 0 Å².